The third-order valence-corrected chi connectivity index (χ3v) is 2.45. The van der Waals surface area contributed by atoms with Crippen molar-refractivity contribution in [3.63, 3.8) is 0 Å². The van der Waals surface area contributed by atoms with Crippen LogP contribution in [0.4, 0.5) is 13.2 Å². The van der Waals surface area contributed by atoms with E-state index in [1.165, 1.54) is 24.3 Å². The molecule has 0 bridgehead atoms. The highest BCUT2D eigenvalue weighted by Gasteiger charge is 2.21. The van der Waals surface area contributed by atoms with Crippen LogP contribution in [0.15, 0.2) is 30.3 Å². The predicted molar refractivity (Wildman–Crippen MR) is 58.1 cm³/mol. The lowest BCUT2D eigenvalue weighted by atomic mass is 10.1. The Labute approximate surface area is 99.9 Å². The van der Waals surface area contributed by atoms with Crippen LogP contribution >= 0.6 is 0 Å². The molecular weight excluding hydrogens is 247 g/mol. The first kappa shape index (κ1) is 12.2. The number of hydrogen-bond acceptors (Lipinski definition) is 1. The molecule has 6 heteroatoms. The second kappa shape index (κ2) is 4.56. The molecule has 0 saturated heterocycles. The van der Waals surface area contributed by atoms with Crippen molar-refractivity contribution in [3.05, 3.63) is 47.4 Å². The maximum atomic E-state index is 12.7. The van der Waals surface area contributed by atoms with Crippen molar-refractivity contribution in [1.29, 1.82) is 0 Å². The summed E-state index contributed by atoms with van der Waals surface area (Å²) in [5.74, 6) is -1.90. The third kappa shape index (κ3) is 2.22. The highest BCUT2D eigenvalue weighted by atomic mass is 19.3. The number of aromatic amines is 1. The molecule has 2 N–H and O–H groups in total. The summed E-state index contributed by atoms with van der Waals surface area (Å²) in [5, 5.41) is 8.81. The maximum absolute atomic E-state index is 12.7. The minimum absolute atomic E-state index is 0.211. The number of carboxylic acid groups (broad SMARTS) is 1. The second-order valence-electron chi connectivity index (χ2n) is 3.62. The summed E-state index contributed by atoms with van der Waals surface area (Å²) >= 11 is 0. The van der Waals surface area contributed by atoms with E-state index < -0.39 is 29.5 Å². The summed E-state index contributed by atoms with van der Waals surface area (Å²) in [4.78, 5) is 13.2. The number of hydrogen-bond donors (Lipinski definition) is 2. The van der Waals surface area contributed by atoms with Gasteiger partial charge in [-0.05, 0) is 35.9 Å². The molecule has 0 unspecified atom stereocenters. The Hall–Kier alpha value is -2.24. The van der Waals surface area contributed by atoms with Crippen LogP contribution in [0, 0.1) is 5.82 Å². The number of carboxylic acids is 1. The first-order valence-corrected chi connectivity index (χ1v) is 4.99. The number of carbonyl (C=O) groups is 1. The second-order valence-corrected chi connectivity index (χ2v) is 3.62. The molecule has 2 rings (SSSR count). The maximum Gasteiger partial charge on any atom is 0.337 e. The van der Waals surface area contributed by atoms with E-state index in [-0.39, 0.29) is 5.69 Å². The standard InChI is InChI=1S/C12H8F3NO2/c13-7-3-1-6(2-4-7)9-5-8(12(17)18)10(16-9)11(14)15/h1-5,11,16H,(H,17,18). The SMILES string of the molecule is O=C(O)c1cc(-c2ccc(F)cc2)[nH]c1C(F)F. The van der Waals surface area contributed by atoms with Crippen LogP contribution in [0.3, 0.4) is 0 Å². The van der Waals surface area contributed by atoms with Gasteiger partial charge in [-0.3, -0.25) is 0 Å². The number of nitrogens with one attached hydrogen (secondary N) is 1. The molecule has 1 aromatic carbocycles. The quantitative estimate of drug-likeness (QED) is 0.882. The van der Waals surface area contributed by atoms with Crippen molar-refractivity contribution < 1.29 is 23.1 Å². The Bertz CT molecular complexity index is 576. The molecule has 0 atom stereocenters. The van der Waals surface area contributed by atoms with Gasteiger partial charge in [-0.15, -0.1) is 0 Å². The van der Waals surface area contributed by atoms with Gasteiger partial charge >= 0.3 is 5.97 Å². The number of aromatic nitrogens is 1. The molecule has 0 aliphatic carbocycles. The summed E-state index contributed by atoms with van der Waals surface area (Å²) in [7, 11) is 0. The highest BCUT2D eigenvalue weighted by Crippen LogP contribution is 2.28. The number of halogens is 3. The minimum atomic E-state index is -2.91. The van der Waals surface area contributed by atoms with Crippen LogP contribution in [-0.4, -0.2) is 16.1 Å². The molecule has 0 radical (unpaired) electrons. The number of alkyl halides is 2. The topological polar surface area (TPSA) is 53.1 Å². The van der Waals surface area contributed by atoms with Crippen LogP contribution in [0.1, 0.15) is 22.5 Å². The number of rotatable bonds is 3. The molecule has 0 aliphatic rings. The molecule has 94 valence electrons. The van der Waals surface area contributed by atoms with E-state index in [0.29, 0.717) is 5.56 Å². The minimum Gasteiger partial charge on any atom is -0.478 e. The summed E-state index contributed by atoms with van der Waals surface area (Å²) in [6, 6.07) is 6.19. The smallest absolute Gasteiger partial charge is 0.337 e. The number of aromatic carboxylic acids is 1. The van der Waals surface area contributed by atoms with Crippen molar-refractivity contribution in [1.82, 2.24) is 4.98 Å². The molecule has 0 spiro atoms. The molecule has 3 nitrogen and oxygen atoms in total. The summed E-state index contributed by atoms with van der Waals surface area (Å²) in [6.07, 6.45) is -2.91. The fourth-order valence-electron chi connectivity index (χ4n) is 1.60. The fraction of sp³-hybridized carbons (Fsp3) is 0.0833. The summed E-state index contributed by atoms with van der Waals surface area (Å²) in [6.45, 7) is 0. The lowest BCUT2D eigenvalue weighted by Gasteiger charge is -1.98. The Morgan fingerprint density at radius 1 is 1.22 bits per heavy atom. The normalized spacial score (nSPS) is 10.9. The third-order valence-electron chi connectivity index (χ3n) is 2.45. The van der Waals surface area contributed by atoms with E-state index in [1.807, 2.05) is 0 Å². The average Bonchev–Trinajstić information content (AvgIpc) is 2.75. The van der Waals surface area contributed by atoms with E-state index >= 15 is 0 Å². The van der Waals surface area contributed by atoms with Gasteiger partial charge in [0.25, 0.3) is 6.43 Å². The van der Waals surface area contributed by atoms with E-state index in [4.69, 9.17) is 5.11 Å². The fourth-order valence-corrected chi connectivity index (χ4v) is 1.60. The Morgan fingerprint density at radius 3 is 2.28 bits per heavy atom. The number of H-pyrrole nitrogens is 1. The predicted octanol–water partition coefficient (Wildman–Crippen LogP) is 3.46. The molecule has 2 aromatic rings. The van der Waals surface area contributed by atoms with E-state index in [9.17, 15) is 18.0 Å². The zero-order valence-corrected chi connectivity index (χ0v) is 8.95. The van der Waals surface area contributed by atoms with E-state index in [1.54, 1.807) is 0 Å². The van der Waals surface area contributed by atoms with Crippen molar-refractivity contribution in [2.75, 3.05) is 0 Å². The van der Waals surface area contributed by atoms with Crippen LogP contribution in [-0.2, 0) is 0 Å². The first-order chi connectivity index (χ1) is 8.49. The van der Waals surface area contributed by atoms with Gasteiger partial charge in [0, 0.05) is 5.69 Å². The Kier molecular flexibility index (Phi) is 3.10. The zero-order chi connectivity index (χ0) is 13.3. The van der Waals surface area contributed by atoms with Crippen LogP contribution in [0.2, 0.25) is 0 Å². The van der Waals surface area contributed by atoms with Gasteiger partial charge in [-0.2, -0.15) is 0 Å². The van der Waals surface area contributed by atoms with Gasteiger partial charge in [0.05, 0.1) is 11.3 Å². The Morgan fingerprint density at radius 2 is 1.83 bits per heavy atom. The van der Waals surface area contributed by atoms with Gasteiger partial charge in [-0.25, -0.2) is 18.0 Å². The van der Waals surface area contributed by atoms with E-state index in [0.717, 1.165) is 6.07 Å². The van der Waals surface area contributed by atoms with Gasteiger partial charge < -0.3 is 10.1 Å². The largest absolute Gasteiger partial charge is 0.478 e. The van der Waals surface area contributed by atoms with Gasteiger partial charge in [0.1, 0.15) is 5.82 Å². The lowest BCUT2D eigenvalue weighted by Crippen LogP contribution is -1.99. The van der Waals surface area contributed by atoms with Crippen LogP contribution in [0.25, 0.3) is 11.3 Å². The highest BCUT2D eigenvalue weighted by molar-refractivity contribution is 5.91. The molecule has 1 heterocycles. The molecule has 0 fully saturated rings. The monoisotopic (exact) mass is 255 g/mol. The van der Waals surface area contributed by atoms with Gasteiger partial charge in [0.15, 0.2) is 0 Å². The number of benzene rings is 1. The summed E-state index contributed by atoms with van der Waals surface area (Å²) in [5.41, 5.74) is -0.486. The molecule has 1 aromatic heterocycles. The molecule has 0 aliphatic heterocycles. The Balaban J connectivity index is 2.49. The zero-order valence-electron chi connectivity index (χ0n) is 8.95. The molecule has 0 amide bonds. The van der Waals surface area contributed by atoms with Crippen molar-refractivity contribution >= 4 is 5.97 Å². The molecule has 0 saturated carbocycles. The lowest BCUT2D eigenvalue weighted by molar-refractivity contribution is 0.0684. The van der Waals surface area contributed by atoms with E-state index in [2.05, 4.69) is 4.98 Å². The van der Waals surface area contributed by atoms with Crippen molar-refractivity contribution in [2.24, 2.45) is 0 Å². The summed E-state index contributed by atoms with van der Waals surface area (Å²) < 4.78 is 38.0. The van der Waals surface area contributed by atoms with Crippen molar-refractivity contribution in [2.45, 2.75) is 6.43 Å². The van der Waals surface area contributed by atoms with Crippen LogP contribution in [0.5, 0.6) is 0 Å². The van der Waals surface area contributed by atoms with Gasteiger partial charge in [0.2, 0.25) is 0 Å². The molecular formula is C12H8F3NO2. The van der Waals surface area contributed by atoms with Gasteiger partial charge in [-0.1, -0.05) is 0 Å². The molecule has 18 heavy (non-hydrogen) atoms. The first-order valence-electron chi connectivity index (χ1n) is 4.99. The van der Waals surface area contributed by atoms with Crippen molar-refractivity contribution in [3.8, 4) is 11.3 Å². The average molecular weight is 255 g/mol. The van der Waals surface area contributed by atoms with Crippen LogP contribution < -0.4 is 0 Å².